The summed E-state index contributed by atoms with van der Waals surface area (Å²) in [6.07, 6.45) is -4.88. The molecule has 374 valence electrons. The number of ketones is 4. The zero-order chi connectivity index (χ0) is 50.8. The summed E-state index contributed by atoms with van der Waals surface area (Å²) in [6, 6.07) is 14.7. The summed E-state index contributed by atoms with van der Waals surface area (Å²) in [6.45, 7) is 0.931. The van der Waals surface area contributed by atoms with Crippen molar-refractivity contribution in [2.45, 2.75) is 108 Å². The fraction of sp³-hybridized carbons (Fsp3) is 0.476. The Bertz CT molecular complexity index is 2300. The highest BCUT2D eigenvalue weighted by atomic mass is 35.7. The molecule has 2 saturated heterocycles. The van der Waals surface area contributed by atoms with Crippen molar-refractivity contribution in [1.29, 1.82) is 0 Å². The van der Waals surface area contributed by atoms with Crippen LogP contribution in [-0.2, 0) is 51.9 Å². The monoisotopic (exact) mass is 1020 g/mol. The number of amides is 2. The van der Waals surface area contributed by atoms with Crippen LogP contribution in [0.1, 0.15) is 47.5 Å². The van der Waals surface area contributed by atoms with Crippen LogP contribution >= 0.6 is 25.9 Å². The molecule has 68 heavy (non-hydrogen) atoms. The second kappa shape index (κ2) is 23.8. The number of hydrogen-bond donors (Lipinski definition) is 6. The number of rotatable bonds is 17. The molecular weight excluding hydrogens is 968 g/mol. The first-order valence-corrected chi connectivity index (χ1v) is 24.8. The molecule has 0 spiro atoms. The molecule has 26 heteroatoms. The highest BCUT2D eigenvalue weighted by Gasteiger charge is 2.58. The molecule has 0 aliphatic carbocycles. The predicted octanol–water partition coefficient (Wildman–Crippen LogP) is 2.95. The average molecular weight is 1020 g/mol. The lowest BCUT2D eigenvalue weighted by atomic mass is 9.97. The Morgan fingerprint density at radius 3 is 1.63 bits per heavy atom. The maximum Gasteiger partial charge on any atom is 0.459 e. The molecule has 6 rings (SSSR count). The van der Waals surface area contributed by atoms with Crippen LogP contribution in [0.3, 0.4) is 0 Å². The molecule has 21 nitrogen and oxygen atoms in total. The molecule has 4 heterocycles. The van der Waals surface area contributed by atoms with Crippen LogP contribution in [-0.4, -0.2) is 145 Å². The molecule has 12 atom stereocenters. The van der Waals surface area contributed by atoms with E-state index in [0.717, 1.165) is 48.2 Å². The number of nitrogens with zero attached hydrogens (tertiary/aromatic N) is 2. The second-order valence-corrected chi connectivity index (χ2v) is 20.4. The van der Waals surface area contributed by atoms with E-state index >= 15 is 4.39 Å². The van der Waals surface area contributed by atoms with Gasteiger partial charge in [0.2, 0.25) is 11.8 Å². The number of carbonyl (C=O) groups excluding carboxylic acids is 6. The number of ether oxygens (including phenoxy) is 2. The van der Waals surface area contributed by atoms with Gasteiger partial charge in [-0.05, 0) is 71.0 Å². The van der Waals surface area contributed by atoms with Gasteiger partial charge in [0.25, 0.3) is 0 Å². The summed E-state index contributed by atoms with van der Waals surface area (Å²) in [7, 11) is -4.17. The third kappa shape index (κ3) is 14.7. The van der Waals surface area contributed by atoms with Crippen molar-refractivity contribution in [2.75, 3.05) is 19.8 Å². The van der Waals surface area contributed by atoms with Crippen LogP contribution in [0.5, 0.6) is 11.5 Å². The number of halogens is 3. The summed E-state index contributed by atoms with van der Waals surface area (Å²) in [5, 5.41) is 42.6. The number of carbonyl (C=O) groups is 6. The van der Waals surface area contributed by atoms with E-state index in [1.54, 1.807) is 48.5 Å². The maximum atomic E-state index is 15.4. The summed E-state index contributed by atoms with van der Waals surface area (Å²) in [4.78, 5) is 70.9. The molecule has 6 N–H and O–H groups in total. The Labute approximate surface area is 394 Å². The quantitative estimate of drug-likeness (QED) is 0.0981. The van der Waals surface area contributed by atoms with Gasteiger partial charge in [0, 0.05) is 23.6 Å². The minimum atomic E-state index is -4.17. The van der Waals surface area contributed by atoms with Gasteiger partial charge in [-0.1, -0.05) is 36.4 Å². The number of aliphatic hydroxyl groups excluding tert-OH is 4. The third-order valence-electron chi connectivity index (χ3n) is 10.5. The molecule has 0 bridgehead atoms. The van der Waals surface area contributed by atoms with Crippen LogP contribution in [0, 0.1) is 0 Å². The van der Waals surface area contributed by atoms with Crippen LogP contribution in [0.2, 0.25) is 0 Å². The molecule has 0 radical (unpaired) electrons. The van der Waals surface area contributed by atoms with E-state index in [-0.39, 0.29) is 23.7 Å². The average Bonchev–Trinajstić information content (AvgIpc) is 3.64. The van der Waals surface area contributed by atoms with Gasteiger partial charge in [-0.25, -0.2) is 28.1 Å². The van der Waals surface area contributed by atoms with Crippen molar-refractivity contribution in [3.63, 3.8) is 0 Å². The summed E-state index contributed by atoms with van der Waals surface area (Å²) in [5.74, 6) is -2.38. The number of Topliss-reactive ketones (excluding diaryl/α,β-unsaturated/α-hetero) is 2. The van der Waals surface area contributed by atoms with Gasteiger partial charge in [0.05, 0.1) is 38.1 Å². The number of alkyl halides is 2. The summed E-state index contributed by atoms with van der Waals surface area (Å²) >= 11 is 5.66. The summed E-state index contributed by atoms with van der Waals surface area (Å²) in [5.41, 5.74) is -4.63. The highest BCUT2D eigenvalue weighted by Crippen LogP contribution is 2.49. The zero-order valence-electron chi connectivity index (χ0n) is 37.3. The van der Waals surface area contributed by atoms with Crippen LogP contribution in [0.15, 0.2) is 85.2 Å². The van der Waals surface area contributed by atoms with Gasteiger partial charge in [0.15, 0.2) is 41.1 Å². The van der Waals surface area contributed by atoms with Crippen LogP contribution in [0.25, 0.3) is 0 Å². The smallest absolute Gasteiger partial charge is 0.422 e. The van der Waals surface area contributed by atoms with Gasteiger partial charge in [-0.3, -0.25) is 43.1 Å². The van der Waals surface area contributed by atoms with E-state index in [1.165, 1.54) is 32.9 Å². The Kier molecular flexibility index (Phi) is 19.6. The molecule has 4 aliphatic rings. The summed E-state index contributed by atoms with van der Waals surface area (Å²) < 4.78 is 81.5. The molecule has 0 aromatic heterocycles. The fourth-order valence-electron chi connectivity index (χ4n) is 6.52. The Morgan fingerprint density at radius 1 is 0.779 bits per heavy atom. The lowest BCUT2D eigenvalue weighted by Crippen LogP contribution is -2.51. The molecule has 4 aliphatic heterocycles. The number of nitrogens with one attached hydrogen (secondary N) is 2. The first-order chi connectivity index (χ1) is 31.7. The van der Waals surface area contributed by atoms with E-state index in [2.05, 4.69) is 10.2 Å². The fourth-order valence-corrected chi connectivity index (χ4v) is 9.83. The van der Waals surface area contributed by atoms with Crippen LogP contribution < -0.4 is 19.2 Å². The van der Waals surface area contributed by atoms with Crippen molar-refractivity contribution in [2.24, 2.45) is 0 Å². The largest absolute Gasteiger partial charge is 0.459 e. The van der Waals surface area contributed by atoms with Gasteiger partial charge < -0.3 is 38.9 Å². The molecular formula is C42H53ClF2N4O17P2. The number of benzene rings is 2. The minimum Gasteiger partial charge on any atom is -0.422 e. The van der Waals surface area contributed by atoms with E-state index < -0.39 is 125 Å². The van der Waals surface area contributed by atoms with Crippen molar-refractivity contribution in [3.05, 3.63) is 85.2 Å². The molecule has 2 amide bonds. The Hall–Kier alpha value is -4.61. The highest BCUT2D eigenvalue weighted by molar-refractivity contribution is 7.84. The van der Waals surface area contributed by atoms with Crippen molar-refractivity contribution in [3.8, 4) is 11.5 Å². The molecule has 2 fully saturated rings. The topological polar surface area (TPSA) is 294 Å². The SMILES string of the molecule is CC(=O)[C@H](C)NP(=O)(OC[C@H]1O[C@@H](N2C=CC(=O)CC2=O)[C@](C)(F)[C@@H]1O)Oc1ccccc1.C[C@@]1(F)[C@H](O)[C@@H](CO)O[C@H]1N1C=CC(=O)CC1=O.C[C@H](NP(=O)(Cl)Oc1ccccc1)C(=O)CO. The van der Waals surface area contributed by atoms with Gasteiger partial charge in [0.1, 0.15) is 48.3 Å². The molecule has 0 saturated carbocycles. The zero-order valence-corrected chi connectivity index (χ0v) is 39.8. The Balaban J connectivity index is 0.000000243. The predicted molar refractivity (Wildman–Crippen MR) is 236 cm³/mol. The van der Waals surface area contributed by atoms with Gasteiger partial charge >= 0.3 is 14.6 Å². The normalized spacial score (nSPS) is 29.4. The minimum absolute atomic E-state index is 0.193. The number of allylic oxidation sites excluding steroid dienone is 2. The number of hydrogen-bond acceptors (Lipinski definition) is 17. The van der Waals surface area contributed by atoms with E-state index in [4.69, 9.17) is 44.5 Å². The third-order valence-corrected chi connectivity index (χ3v) is 13.8. The van der Waals surface area contributed by atoms with Crippen molar-refractivity contribution in [1.82, 2.24) is 20.0 Å². The van der Waals surface area contributed by atoms with Crippen LogP contribution in [0.4, 0.5) is 8.78 Å². The van der Waals surface area contributed by atoms with E-state index in [9.17, 15) is 52.5 Å². The molecule has 2 aromatic rings. The standard InChI is InChI=1S/C21H26FN2O8P.C11H14FNO5.C10H13ClNO4P/c1-13(14(2)25)23-33(29,32-16-7-5-4-6-8-16)30-12-17-19(28)21(3,22)20(31-17)24-10-9-15(26)11-18(24)27;1-11(12)9(17)7(5-14)18-10(11)13-3-2-6(15)4-8(13)16;1-8(10(14)7-13)12-17(11,15)16-9-5-3-2-4-6-9/h4-10,13,17,19-20,28H,11-12H2,1-3H3,(H,23,29);2-3,7,9-10,14,17H,4-5H2,1H3;2-6,8,13H,7H2,1H3,(H,12,15)/t13-,17+,19+,20+,21+,33?;7-,9-,10-,11-;8-,17?/m010/s1. The van der Waals surface area contributed by atoms with Crippen molar-refractivity contribution >= 4 is 60.8 Å². The second-order valence-electron chi connectivity index (χ2n) is 16.0. The molecule has 2 unspecified atom stereocenters. The number of aliphatic hydroxyl groups is 4. The lowest BCUT2D eigenvalue weighted by molar-refractivity contribution is -0.151. The molecule has 2 aromatic carbocycles. The Morgan fingerprint density at radius 2 is 1.22 bits per heavy atom. The van der Waals surface area contributed by atoms with E-state index in [0.29, 0.717) is 5.75 Å². The van der Waals surface area contributed by atoms with Crippen molar-refractivity contribution < 1.29 is 90.1 Å². The first kappa shape index (κ1) is 56.0. The van der Waals surface area contributed by atoms with E-state index in [1.807, 2.05) is 0 Å². The number of para-hydroxylation sites is 2. The van der Waals surface area contributed by atoms with Gasteiger partial charge in [-0.15, -0.1) is 0 Å². The lowest BCUT2D eigenvalue weighted by Gasteiger charge is -2.32. The first-order valence-electron chi connectivity index (χ1n) is 20.7. The maximum absolute atomic E-state index is 15.4. The van der Waals surface area contributed by atoms with Gasteiger partial charge in [-0.2, -0.15) is 0 Å².